The van der Waals surface area contributed by atoms with Gasteiger partial charge in [0.2, 0.25) is 0 Å². The summed E-state index contributed by atoms with van der Waals surface area (Å²) in [5, 5.41) is 5.15. The summed E-state index contributed by atoms with van der Waals surface area (Å²) in [7, 11) is 0. The lowest BCUT2D eigenvalue weighted by Gasteiger charge is -2.15. The lowest BCUT2D eigenvalue weighted by atomic mass is 9.91. The predicted molar refractivity (Wildman–Crippen MR) is 74.8 cm³/mol. The van der Waals surface area contributed by atoms with Crippen molar-refractivity contribution in [3.63, 3.8) is 0 Å². The number of hydrogen-bond donors (Lipinski definition) is 0. The van der Waals surface area contributed by atoms with E-state index in [4.69, 9.17) is 0 Å². The van der Waals surface area contributed by atoms with E-state index in [-0.39, 0.29) is 5.41 Å². The topological polar surface area (TPSA) is 12.4 Å². The Morgan fingerprint density at radius 2 is 1.88 bits per heavy atom. The van der Waals surface area contributed by atoms with E-state index in [0.717, 1.165) is 6.54 Å². The molecule has 0 atom stereocenters. The average Bonchev–Trinajstić information content (AvgIpc) is 3.17. The minimum Gasteiger partial charge on any atom is -0.232 e. The molecule has 1 nitrogen and oxygen atoms in total. The fourth-order valence-electron chi connectivity index (χ4n) is 2.53. The van der Waals surface area contributed by atoms with E-state index < -0.39 is 0 Å². The molecule has 0 saturated heterocycles. The number of rotatable bonds is 3. The number of thiocarbonyl (C=S) groups is 1. The van der Waals surface area contributed by atoms with Gasteiger partial charge in [0.05, 0.1) is 11.7 Å². The maximum Gasteiger partial charge on any atom is 0.0589 e. The van der Waals surface area contributed by atoms with Gasteiger partial charge in [-0.15, -0.1) is 0 Å². The number of nitrogens with zero attached hydrogens (tertiary/aromatic N) is 1. The van der Waals surface area contributed by atoms with Gasteiger partial charge >= 0.3 is 0 Å². The van der Waals surface area contributed by atoms with Crippen LogP contribution in [0.2, 0.25) is 0 Å². The summed E-state index contributed by atoms with van der Waals surface area (Å²) in [5.74, 6) is 0. The second kappa shape index (κ2) is 4.06. The van der Waals surface area contributed by atoms with Crippen molar-refractivity contribution >= 4 is 28.2 Å². The molecule has 0 N–H and O–H groups in total. The molecule has 1 fully saturated rings. The van der Waals surface area contributed by atoms with Crippen LogP contribution in [0.1, 0.15) is 18.4 Å². The lowest BCUT2D eigenvalue weighted by Crippen LogP contribution is -2.11. The van der Waals surface area contributed by atoms with E-state index in [1.54, 1.807) is 0 Å². The Labute approximate surface area is 106 Å². The smallest absolute Gasteiger partial charge is 0.0589 e. The Bertz CT molecular complexity index is 602. The molecule has 0 heterocycles. The molecule has 1 aliphatic rings. The molecule has 0 bridgehead atoms. The third kappa shape index (κ3) is 1.80. The van der Waals surface area contributed by atoms with Crippen LogP contribution in [0.3, 0.4) is 0 Å². The second-order valence-corrected chi connectivity index (χ2v) is 4.90. The first-order valence-electron chi connectivity index (χ1n) is 5.88. The van der Waals surface area contributed by atoms with E-state index in [9.17, 15) is 0 Å². The third-order valence-corrected chi connectivity index (χ3v) is 3.79. The summed E-state index contributed by atoms with van der Waals surface area (Å²) in [6, 6.07) is 15.1. The van der Waals surface area contributed by atoms with Gasteiger partial charge in [-0.2, -0.15) is 0 Å². The van der Waals surface area contributed by atoms with Gasteiger partial charge in [-0.1, -0.05) is 42.5 Å². The van der Waals surface area contributed by atoms with Crippen molar-refractivity contribution in [1.29, 1.82) is 0 Å². The van der Waals surface area contributed by atoms with Crippen LogP contribution in [-0.2, 0) is 5.41 Å². The summed E-state index contributed by atoms with van der Waals surface area (Å²) in [6.45, 7) is 0.782. The van der Waals surface area contributed by atoms with Gasteiger partial charge in [-0.25, -0.2) is 4.99 Å². The van der Waals surface area contributed by atoms with Gasteiger partial charge < -0.3 is 0 Å². The van der Waals surface area contributed by atoms with Gasteiger partial charge in [0, 0.05) is 5.41 Å². The fourth-order valence-corrected chi connectivity index (χ4v) is 2.60. The quantitative estimate of drug-likeness (QED) is 0.583. The molecule has 84 valence electrons. The first-order chi connectivity index (χ1) is 8.36. The van der Waals surface area contributed by atoms with Crippen LogP contribution in [-0.4, -0.2) is 11.7 Å². The number of hydrogen-bond acceptors (Lipinski definition) is 2. The Morgan fingerprint density at radius 1 is 1.12 bits per heavy atom. The fraction of sp³-hybridized carbons (Fsp3) is 0.267. The standard InChI is InChI=1S/C15H13NS/c17-11-16-10-15(8-9-15)14-7-3-5-12-4-1-2-6-13(12)14/h1-7H,8-10H2. The highest BCUT2D eigenvalue weighted by atomic mass is 32.1. The Kier molecular flexibility index (Phi) is 2.54. The first kappa shape index (κ1) is 10.6. The zero-order chi connectivity index (χ0) is 11.7. The summed E-state index contributed by atoms with van der Waals surface area (Å²) in [5.41, 5.74) is 1.65. The van der Waals surface area contributed by atoms with Crippen LogP contribution in [0.25, 0.3) is 10.8 Å². The van der Waals surface area contributed by atoms with Gasteiger partial charge in [-0.05, 0) is 41.4 Å². The maximum atomic E-state index is 4.68. The van der Waals surface area contributed by atoms with Crippen LogP contribution >= 0.6 is 12.2 Å². The molecular formula is C15H13NS. The SMILES string of the molecule is S=C=NCC1(c2cccc3ccccc23)CC1. The largest absolute Gasteiger partial charge is 0.232 e. The lowest BCUT2D eigenvalue weighted by molar-refractivity contribution is 0.715. The number of aliphatic imine (C=N–C) groups is 1. The first-order valence-corrected chi connectivity index (χ1v) is 6.28. The summed E-state index contributed by atoms with van der Waals surface area (Å²) in [6.07, 6.45) is 2.42. The molecule has 0 radical (unpaired) electrons. The Morgan fingerprint density at radius 3 is 2.65 bits per heavy atom. The molecule has 17 heavy (non-hydrogen) atoms. The van der Waals surface area contributed by atoms with E-state index in [2.05, 4.69) is 64.8 Å². The molecule has 0 aliphatic heterocycles. The zero-order valence-corrected chi connectivity index (χ0v) is 10.3. The highest BCUT2D eigenvalue weighted by Gasteiger charge is 2.44. The van der Waals surface area contributed by atoms with Crippen LogP contribution in [0.5, 0.6) is 0 Å². The minimum absolute atomic E-state index is 0.229. The molecule has 2 aromatic rings. The van der Waals surface area contributed by atoms with Gasteiger partial charge in [0.15, 0.2) is 0 Å². The van der Waals surface area contributed by atoms with Crippen LogP contribution in [0, 0.1) is 0 Å². The minimum atomic E-state index is 0.229. The van der Waals surface area contributed by atoms with Crippen molar-refractivity contribution in [3.05, 3.63) is 48.0 Å². The molecule has 1 saturated carbocycles. The van der Waals surface area contributed by atoms with Crippen molar-refractivity contribution in [2.45, 2.75) is 18.3 Å². The molecular weight excluding hydrogens is 226 g/mol. The van der Waals surface area contributed by atoms with E-state index >= 15 is 0 Å². The molecule has 1 aliphatic carbocycles. The van der Waals surface area contributed by atoms with Gasteiger partial charge in [0.1, 0.15) is 0 Å². The number of benzene rings is 2. The van der Waals surface area contributed by atoms with E-state index in [1.807, 2.05) is 0 Å². The Balaban J connectivity index is 2.14. The molecule has 3 rings (SSSR count). The third-order valence-electron chi connectivity index (χ3n) is 3.66. The molecule has 2 aromatic carbocycles. The monoisotopic (exact) mass is 239 g/mol. The van der Waals surface area contributed by atoms with E-state index in [0.29, 0.717) is 0 Å². The Hall–Kier alpha value is -1.50. The summed E-state index contributed by atoms with van der Waals surface area (Å²) >= 11 is 4.68. The van der Waals surface area contributed by atoms with Crippen molar-refractivity contribution in [1.82, 2.24) is 0 Å². The summed E-state index contributed by atoms with van der Waals surface area (Å²) in [4.78, 5) is 4.15. The van der Waals surface area contributed by atoms with Crippen molar-refractivity contribution in [2.24, 2.45) is 4.99 Å². The summed E-state index contributed by atoms with van der Waals surface area (Å²) < 4.78 is 0. The van der Waals surface area contributed by atoms with Crippen LogP contribution in [0.4, 0.5) is 0 Å². The average molecular weight is 239 g/mol. The number of fused-ring (bicyclic) bond motifs is 1. The van der Waals surface area contributed by atoms with E-state index in [1.165, 1.54) is 29.2 Å². The second-order valence-electron chi connectivity index (χ2n) is 4.71. The van der Waals surface area contributed by atoms with Crippen molar-refractivity contribution in [3.8, 4) is 0 Å². The predicted octanol–water partition coefficient (Wildman–Crippen LogP) is 3.97. The van der Waals surface area contributed by atoms with Crippen molar-refractivity contribution < 1.29 is 0 Å². The molecule has 2 heteroatoms. The van der Waals surface area contributed by atoms with Gasteiger partial charge in [0.25, 0.3) is 0 Å². The van der Waals surface area contributed by atoms with Crippen LogP contribution in [0.15, 0.2) is 47.5 Å². The highest BCUT2D eigenvalue weighted by Crippen LogP contribution is 2.50. The zero-order valence-electron chi connectivity index (χ0n) is 9.52. The molecule has 0 amide bonds. The molecule has 0 spiro atoms. The maximum absolute atomic E-state index is 4.68. The molecule has 0 unspecified atom stereocenters. The highest BCUT2D eigenvalue weighted by molar-refractivity contribution is 7.78. The normalized spacial score (nSPS) is 16.5. The van der Waals surface area contributed by atoms with Crippen LogP contribution < -0.4 is 0 Å². The number of isothiocyanates is 1. The van der Waals surface area contributed by atoms with Gasteiger partial charge in [-0.3, -0.25) is 0 Å². The molecule has 0 aromatic heterocycles. The van der Waals surface area contributed by atoms with Crippen molar-refractivity contribution in [2.75, 3.05) is 6.54 Å².